The molecule has 0 aliphatic carbocycles. The zero-order valence-electron chi connectivity index (χ0n) is 20.2. The summed E-state index contributed by atoms with van der Waals surface area (Å²) in [6, 6.07) is 0. The van der Waals surface area contributed by atoms with Crippen LogP contribution < -0.4 is 68.9 Å². The fraction of sp³-hybridized carbons (Fsp3) is 0.857. The Morgan fingerprint density at radius 3 is 2.19 bits per heavy atom. The van der Waals surface area contributed by atoms with E-state index >= 15 is 0 Å². The monoisotopic (exact) mass is 496 g/mol. The van der Waals surface area contributed by atoms with E-state index in [0.29, 0.717) is 6.42 Å². The van der Waals surface area contributed by atoms with E-state index in [-0.39, 0.29) is 71.6 Å². The molecule has 0 fully saturated rings. The van der Waals surface area contributed by atoms with Gasteiger partial charge >= 0.3 is 65.1 Å². The summed E-state index contributed by atoms with van der Waals surface area (Å²) in [5.74, 6) is -0.489. The molecule has 0 saturated carbocycles. The first-order valence-corrected chi connectivity index (χ1v) is 12.6. The van der Waals surface area contributed by atoms with E-state index in [1.807, 2.05) is 6.08 Å². The van der Waals surface area contributed by atoms with Crippen molar-refractivity contribution in [1.82, 2.24) is 0 Å². The average Bonchev–Trinajstić information content (AvgIpc) is 2.68. The normalized spacial score (nSPS) is 13.3. The smallest absolute Gasteiger partial charge is 0.790 e. The molecule has 11 heteroatoms. The molecule has 0 amide bonds. The van der Waals surface area contributed by atoms with Gasteiger partial charge in [-0.2, -0.15) is 0 Å². The summed E-state index contributed by atoms with van der Waals surface area (Å²) in [7, 11) is -5.14. The van der Waals surface area contributed by atoms with E-state index < -0.39 is 33.1 Å². The third-order valence-electron chi connectivity index (χ3n) is 4.58. The number of aliphatic hydroxyl groups excluding tert-OH is 2. The predicted octanol–water partition coefficient (Wildman–Crippen LogP) is -3.25. The van der Waals surface area contributed by atoms with Crippen LogP contribution in [0.1, 0.15) is 90.4 Å². The Bertz CT molecular complexity index is 502. The molecular formula is C21H39Na2O8P. The first-order valence-electron chi connectivity index (χ1n) is 11.1. The summed E-state index contributed by atoms with van der Waals surface area (Å²) in [5.41, 5.74) is 0. The van der Waals surface area contributed by atoms with Gasteiger partial charge in [-0.1, -0.05) is 70.4 Å². The number of carbonyl (C=O) groups excluding carboxylic acids is 1. The number of esters is 1. The standard InChI is InChI=1S/C21H41O8P.2Na/c1-2-3-4-5-6-8-11-14-19(22)15-12-9-7-10-13-16-21(24)28-17-20(23)18-29-30(25,26)27;;/h11,14,19-20,22-23H,2-10,12-13,15-18H2,1H3,(H2,25,26,27);;/q;2*+1/p-2/b14-11+;;/t19?,20-;;/m0../s1. The first kappa shape index (κ1) is 37.8. The molecule has 0 aliphatic rings. The van der Waals surface area contributed by atoms with Gasteiger partial charge in [0.2, 0.25) is 0 Å². The Morgan fingerprint density at radius 1 is 0.938 bits per heavy atom. The van der Waals surface area contributed by atoms with E-state index in [9.17, 15) is 29.4 Å². The number of phosphoric ester groups is 1. The zero-order chi connectivity index (χ0) is 22.7. The summed E-state index contributed by atoms with van der Waals surface area (Å²) in [5, 5.41) is 19.3. The molecule has 32 heavy (non-hydrogen) atoms. The number of aliphatic hydroxyl groups is 2. The Kier molecular flexibility index (Phi) is 29.9. The number of unbranched alkanes of at least 4 members (excludes halogenated alkanes) is 9. The molecule has 1 unspecified atom stereocenters. The molecule has 0 aromatic rings. The van der Waals surface area contributed by atoms with E-state index in [2.05, 4.69) is 17.5 Å². The maximum atomic E-state index is 11.5. The molecular weight excluding hydrogens is 457 g/mol. The van der Waals surface area contributed by atoms with Crippen LogP contribution in [-0.2, 0) is 18.6 Å². The molecule has 0 bridgehead atoms. The van der Waals surface area contributed by atoms with Gasteiger partial charge in [0.25, 0.3) is 0 Å². The number of carbonyl (C=O) groups is 1. The van der Waals surface area contributed by atoms with E-state index in [4.69, 9.17) is 4.74 Å². The molecule has 0 rings (SSSR count). The van der Waals surface area contributed by atoms with Gasteiger partial charge in [-0.15, -0.1) is 0 Å². The molecule has 8 nitrogen and oxygen atoms in total. The molecule has 2 atom stereocenters. The van der Waals surface area contributed by atoms with Crippen LogP contribution in [0, 0.1) is 0 Å². The molecule has 0 aromatic heterocycles. The number of hydrogen-bond donors (Lipinski definition) is 2. The number of rotatable bonds is 20. The van der Waals surface area contributed by atoms with Crippen molar-refractivity contribution in [2.24, 2.45) is 0 Å². The number of ether oxygens (including phenoxy) is 1. The third-order valence-corrected chi connectivity index (χ3v) is 5.04. The maximum absolute atomic E-state index is 11.5. The predicted molar refractivity (Wildman–Crippen MR) is 111 cm³/mol. The largest absolute Gasteiger partial charge is 1.00 e. The van der Waals surface area contributed by atoms with Crippen LogP contribution in [0.4, 0.5) is 0 Å². The molecule has 0 saturated heterocycles. The second-order valence-corrected chi connectivity index (χ2v) is 8.74. The van der Waals surface area contributed by atoms with Crippen molar-refractivity contribution in [1.29, 1.82) is 0 Å². The van der Waals surface area contributed by atoms with Crippen molar-refractivity contribution < 1.29 is 97.7 Å². The van der Waals surface area contributed by atoms with Gasteiger partial charge in [0.1, 0.15) is 12.7 Å². The minimum absolute atomic E-state index is 0. The Balaban J connectivity index is -0.00000420. The molecule has 0 radical (unpaired) electrons. The van der Waals surface area contributed by atoms with Crippen LogP contribution in [0.3, 0.4) is 0 Å². The molecule has 0 aliphatic heterocycles. The summed E-state index contributed by atoms with van der Waals surface area (Å²) in [6.07, 6.45) is 14.9. The van der Waals surface area contributed by atoms with Gasteiger partial charge in [-0.3, -0.25) is 4.79 Å². The SMILES string of the molecule is CCCCCCC/C=C/C(O)CCCCCCCC(=O)OC[C@H](O)COP(=O)([O-])[O-].[Na+].[Na+]. The number of phosphoric acid groups is 1. The molecule has 0 spiro atoms. The summed E-state index contributed by atoms with van der Waals surface area (Å²) in [4.78, 5) is 32.1. The third kappa shape index (κ3) is 29.3. The van der Waals surface area contributed by atoms with Gasteiger partial charge in [0.15, 0.2) is 0 Å². The zero-order valence-corrected chi connectivity index (χ0v) is 25.1. The average molecular weight is 496 g/mol. The summed E-state index contributed by atoms with van der Waals surface area (Å²) >= 11 is 0. The molecule has 2 N–H and O–H groups in total. The van der Waals surface area contributed by atoms with Gasteiger partial charge in [0.05, 0.1) is 20.5 Å². The molecule has 0 aromatic carbocycles. The minimum atomic E-state index is -5.14. The van der Waals surface area contributed by atoms with Gasteiger partial charge in [-0.25, -0.2) is 0 Å². The van der Waals surface area contributed by atoms with Gasteiger partial charge in [0, 0.05) is 6.42 Å². The van der Waals surface area contributed by atoms with Crippen molar-refractivity contribution >= 4 is 13.8 Å². The summed E-state index contributed by atoms with van der Waals surface area (Å²) < 4.78 is 19.0. The Hall–Kier alpha value is 1.24. The fourth-order valence-electron chi connectivity index (χ4n) is 2.86. The number of hydrogen-bond acceptors (Lipinski definition) is 8. The van der Waals surface area contributed by atoms with E-state index in [1.54, 1.807) is 0 Å². The van der Waals surface area contributed by atoms with Crippen molar-refractivity contribution in [3.8, 4) is 0 Å². The van der Waals surface area contributed by atoms with Crippen molar-refractivity contribution in [2.75, 3.05) is 13.2 Å². The van der Waals surface area contributed by atoms with Crippen LogP contribution >= 0.6 is 7.82 Å². The van der Waals surface area contributed by atoms with Crippen LogP contribution in [0.25, 0.3) is 0 Å². The van der Waals surface area contributed by atoms with Crippen molar-refractivity contribution in [3.63, 3.8) is 0 Å². The Labute approximate surface area is 237 Å². The van der Waals surface area contributed by atoms with E-state index in [1.165, 1.54) is 32.1 Å². The molecule has 178 valence electrons. The topological polar surface area (TPSA) is 139 Å². The maximum Gasteiger partial charge on any atom is 1.00 e. The van der Waals surface area contributed by atoms with Gasteiger partial charge < -0.3 is 33.8 Å². The van der Waals surface area contributed by atoms with Crippen molar-refractivity contribution in [3.05, 3.63) is 12.2 Å². The van der Waals surface area contributed by atoms with Crippen LogP contribution in [0.2, 0.25) is 0 Å². The van der Waals surface area contributed by atoms with Crippen LogP contribution in [-0.4, -0.2) is 41.6 Å². The number of allylic oxidation sites excluding steroid dienone is 1. The fourth-order valence-corrected chi connectivity index (χ4v) is 3.21. The molecule has 0 heterocycles. The van der Waals surface area contributed by atoms with Crippen molar-refractivity contribution in [2.45, 2.75) is 103 Å². The second-order valence-electron chi connectivity index (χ2n) is 7.58. The first-order chi connectivity index (χ1) is 14.2. The van der Waals surface area contributed by atoms with Crippen LogP contribution in [0.5, 0.6) is 0 Å². The van der Waals surface area contributed by atoms with E-state index in [0.717, 1.165) is 38.5 Å². The quantitative estimate of drug-likeness (QED) is 0.0589. The summed E-state index contributed by atoms with van der Waals surface area (Å²) in [6.45, 7) is 1.06. The second kappa shape index (κ2) is 25.3. The van der Waals surface area contributed by atoms with Gasteiger partial charge in [-0.05, 0) is 25.7 Å². The Morgan fingerprint density at radius 2 is 1.53 bits per heavy atom. The minimum Gasteiger partial charge on any atom is -0.790 e. The van der Waals surface area contributed by atoms with Crippen LogP contribution in [0.15, 0.2) is 12.2 Å².